The van der Waals surface area contributed by atoms with E-state index in [-0.39, 0.29) is 0 Å². The average molecular weight is 164 g/mol. The van der Waals surface area contributed by atoms with Crippen molar-refractivity contribution < 1.29 is 4.74 Å². The molecule has 0 aromatic carbocycles. The van der Waals surface area contributed by atoms with Crippen LogP contribution in [-0.2, 0) is 17.8 Å². The number of fused-ring (bicyclic) bond motifs is 1. The second-order valence-corrected chi connectivity index (χ2v) is 3.07. The van der Waals surface area contributed by atoms with Crippen LogP contribution in [0.5, 0.6) is 0 Å². The largest absolute Gasteiger partial charge is 0.397 e. The molecule has 1 aromatic heterocycles. The van der Waals surface area contributed by atoms with Gasteiger partial charge in [0.15, 0.2) is 0 Å². The van der Waals surface area contributed by atoms with E-state index >= 15 is 0 Å². The van der Waals surface area contributed by atoms with Crippen molar-refractivity contribution >= 4 is 5.69 Å². The van der Waals surface area contributed by atoms with Crippen molar-refractivity contribution in [3.05, 3.63) is 23.0 Å². The van der Waals surface area contributed by atoms with E-state index in [9.17, 15) is 0 Å². The summed E-state index contributed by atoms with van der Waals surface area (Å²) in [7, 11) is 0. The lowest BCUT2D eigenvalue weighted by Gasteiger charge is -2.16. The van der Waals surface area contributed by atoms with Crippen LogP contribution in [-0.4, -0.2) is 11.6 Å². The van der Waals surface area contributed by atoms with E-state index < -0.39 is 0 Å². The van der Waals surface area contributed by atoms with Crippen LogP contribution in [0.3, 0.4) is 0 Å². The van der Waals surface area contributed by atoms with Gasteiger partial charge in [0.2, 0.25) is 0 Å². The number of aromatic nitrogens is 1. The van der Waals surface area contributed by atoms with Crippen molar-refractivity contribution in [1.82, 2.24) is 4.98 Å². The van der Waals surface area contributed by atoms with E-state index in [0.29, 0.717) is 6.61 Å². The van der Waals surface area contributed by atoms with Gasteiger partial charge in [0.25, 0.3) is 0 Å². The molecule has 2 rings (SSSR count). The van der Waals surface area contributed by atoms with E-state index in [0.717, 1.165) is 35.7 Å². The summed E-state index contributed by atoms with van der Waals surface area (Å²) in [5.74, 6) is 0. The number of nitrogens with two attached hydrogens (primary N) is 1. The lowest BCUT2D eigenvalue weighted by atomic mass is 10.1. The van der Waals surface area contributed by atoms with Crippen molar-refractivity contribution in [2.75, 3.05) is 12.3 Å². The first-order valence-electron chi connectivity index (χ1n) is 4.10. The van der Waals surface area contributed by atoms with Gasteiger partial charge < -0.3 is 10.5 Å². The van der Waals surface area contributed by atoms with Gasteiger partial charge in [-0.2, -0.15) is 0 Å². The minimum atomic E-state index is 0.660. The molecule has 0 bridgehead atoms. The van der Waals surface area contributed by atoms with Gasteiger partial charge in [0.05, 0.1) is 24.6 Å². The molecule has 0 fully saturated rings. The molecule has 0 amide bonds. The first kappa shape index (κ1) is 7.55. The minimum absolute atomic E-state index is 0.660. The molecule has 3 nitrogen and oxygen atoms in total. The van der Waals surface area contributed by atoms with Gasteiger partial charge in [-0.15, -0.1) is 0 Å². The van der Waals surface area contributed by atoms with Crippen LogP contribution in [0.1, 0.15) is 17.0 Å². The first-order chi connectivity index (χ1) is 5.77. The smallest absolute Gasteiger partial charge is 0.0735 e. The Kier molecular flexibility index (Phi) is 1.73. The molecule has 0 atom stereocenters. The monoisotopic (exact) mass is 164 g/mol. The number of ether oxygens (including phenoxy) is 1. The fourth-order valence-corrected chi connectivity index (χ4v) is 1.41. The van der Waals surface area contributed by atoms with Crippen molar-refractivity contribution in [2.24, 2.45) is 0 Å². The zero-order valence-electron chi connectivity index (χ0n) is 7.13. The summed E-state index contributed by atoms with van der Waals surface area (Å²) in [5, 5.41) is 0. The third kappa shape index (κ3) is 1.16. The number of hydrogen-bond acceptors (Lipinski definition) is 3. The van der Waals surface area contributed by atoms with E-state index in [2.05, 4.69) is 4.98 Å². The molecule has 0 saturated carbocycles. The Morgan fingerprint density at radius 2 is 2.42 bits per heavy atom. The average Bonchev–Trinajstić information content (AvgIpc) is 2.07. The van der Waals surface area contributed by atoms with Gasteiger partial charge in [0, 0.05) is 17.7 Å². The van der Waals surface area contributed by atoms with Crippen LogP contribution in [0.25, 0.3) is 0 Å². The molecule has 12 heavy (non-hydrogen) atoms. The molecule has 0 spiro atoms. The topological polar surface area (TPSA) is 48.1 Å². The second-order valence-electron chi connectivity index (χ2n) is 3.07. The molecule has 2 N–H and O–H groups in total. The standard InChI is InChI=1S/C9H12N2O/c1-6-8(10)4-7-5-12-3-2-9(7)11-6/h4H,2-3,5,10H2,1H3. The molecule has 0 unspecified atom stereocenters. The third-order valence-corrected chi connectivity index (χ3v) is 2.16. The number of pyridine rings is 1. The number of nitrogen functional groups attached to an aromatic ring is 1. The predicted octanol–water partition coefficient (Wildman–Crippen LogP) is 1.04. The van der Waals surface area contributed by atoms with E-state index in [1.54, 1.807) is 0 Å². The molecule has 0 aliphatic carbocycles. The zero-order chi connectivity index (χ0) is 8.55. The van der Waals surface area contributed by atoms with E-state index in [1.165, 1.54) is 0 Å². The van der Waals surface area contributed by atoms with E-state index in [4.69, 9.17) is 10.5 Å². The summed E-state index contributed by atoms with van der Waals surface area (Å²) in [6.07, 6.45) is 0.913. The molecule has 1 aromatic rings. The number of hydrogen-bond donors (Lipinski definition) is 1. The molecule has 0 saturated heterocycles. The highest BCUT2D eigenvalue weighted by Gasteiger charge is 2.11. The minimum Gasteiger partial charge on any atom is -0.397 e. The highest BCUT2D eigenvalue weighted by molar-refractivity contribution is 5.46. The SMILES string of the molecule is Cc1nc2c(cc1N)COCC2. The first-order valence-corrected chi connectivity index (χ1v) is 4.10. The maximum Gasteiger partial charge on any atom is 0.0735 e. The Bertz CT molecular complexity index is 279. The molecule has 3 heteroatoms. The summed E-state index contributed by atoms with van der Waals surface area (Å²) in [4.78, 5) is 4.41. The van der Waals surface area contributed by atoms with Crippen LogP contribution < -0.4 is 5.73 Å². The molecule has 64 valence electrons. The van der Waals surface area contributed by atoms with Crippen molar-refractivity contribution in [2.45, 2.75) is 20.0 Å². The second kappa shape index (κ2) is 2.75. The van der Waals surface area contributed by atoms with Crippen LogP contribution in [0, 0.1) is 6.92 Å². The predicted molar refractivity (Wildman–Crippen MR) is 46.7 cm³/mol. The molecule has 1 aliphatic heterocycles. The maximum absolute atomic E-state index is 5.73. The Labute approximate surface area is 71.6 Å². The van der Waals surface area contributed by atoms with Gasteiger partial charge in [0.1, 0.15) is 0 Å². The quantitative estimate of drug-likeness (QED) is 0.623. The van der Waals surface area contributed by atoms with Gasteiger partial charge >= 0.3 is 0 Å². The fourth-order valence-electron chi connectivity index (χ4n) is 1.41. The Balaban J connectivity index is 2.49. The van der Waals surface area contributed by atoms with Gasteiger partial charge in [-0.05, 0) is 13.0 Å². The summed E-state index contributed by atoms with van der Waals surface area (Å²) < 4.78 is 5.30. The fraction of sp³-hybridized carbons (Fsp3) is 0.444. The highest BCUT2D eigenvalue weighted by Crippen LogP contribution is 2.19. The lowest BCUT2D eigenvalue weighted by molar-refractivity contribution is 0.109. The molecular weight excluding hydrogens is 152 g/mol. The van der Waals surface area contributed by atoms with Gasteiger partial charge in [-0.3, -0.25) is 4.98 Å². The highest BCUT2D eigenvalue weighted by atomic mass is 16.5. The normalized spacial score (nSPS) is 15.8. The maximum atomic E-state index is 5.73. The summed E-state index contributed by atoms with van der Waals surface area (Å²) in [6.45, 7) is 3.38. The molecular formula is C9H12N2O. The summed E-state index contributed by atoms with van der Waals surface area (Å²) >= 11 is 0. The van der Waals surface area contributed by atoms with Gasteiger partial charge in [-0.1, -0.05) is 0 Å². The summed E-state index contributed by atoms with van der Waals surface area (Å²) in [6, 6.07) is 1.97. The van der Waals surface area contributed by atoms with Crippen molar-refractivity contribution in [3.63, 3.8) is 0 Å². The number of nitrogens with zero attached hydrogens (tertiary/aromatic N) is 1. The molecule has 1 aliphatic rings. The van der Waals surface area contributed by atoms with Crippen LogP contribution in [0.2, 0.25) is 0 Å². The zero-order valence-corrected chi connectivity index (χ0v) is 7.13. The third-order valence-electron chi connectivity index (χ3n) is 2.16. The number of aryl methyl sites for hydroxylation is 1. The Hall–Kier alpha value is -1.09. The molecule has 2 heterocycles. The Morgan fingerprint density at radius 3 is 3.25 bits per heavy atom. The Morgan fingerprint density at radius 1 is 1.58 bits per heavy atom. The molecule has 0 radical (unpaired) electrons. The number of rotatable bonds is 0. The van der Waals surface area contributed by atoms with Crippen molar-refractivity contribution in [3.8, 4) is 0 Å². The number of anilines is 1. The van der Waals surface area contributed by atoms with Crippen LogP contribution in [0.4, 0.5) is 5.69 Å². The van der Waals surface area contributed by atoms with Gasteiger partial charge in [-0.25, -0.2) is 0 Å². The summed E-state index contributed by atoms with van der Waals surface area (Å²) in [5.41, 5.74) is 9.70. The van der Waals surface area contributed by atoms with Crippen molar-refractivity contribution in [1.29, 1.82) is 0 Å². The lowest BCUT2D eigenvalue weighted by Crippen LogP contribution is -2.13. The van der Waals surface area contributed by atoms with Crippen LogP contribution >= 0.6 is 0 Å². The van der Waals surface area contributed by atoms with Crippen LogP contribution in [0.15, 0.2) is 6.07 Å². The van der Waals surface area contributed by atoms with E-state index in [1.807, 2.05) is 13.0 Å².